The van der Waals surface area contributed by atoms with Crippen molar-refractivity contribution in [1.29, 1.82) is 0 Å². The second-order valence-electron chi connectivity index (χ2n) is 3.88. The lowest BCUT2D eigenvalue weighted by Crippen LogP contribution is -2.15. The van der Waals surface area contributed by atoms with E-state index in [0.29, 0.717) is 16.4 Å². The van der Waals surface area contributed by atoms with Gasteiger partial charge in [0.2, 0.25) is 5.91 Å². The molecule has 0 saturated heterocycles. The maximum Gasteiger partial charge on any atom is 0.257 e. The lowest BCUT2D eigenvalue weighted by atomic mass is 10.2. The van der Waals surface area contributed by atoms with Crippen molar-refractivity contribution in [2.24, 2.45) is 5.73 Å². The van der Waals surface area contributed by atoms with Gasteiger partial charge >= 0.3 is 0 Å². The number of nitrogens with one attached hydrogen (secondary N) is 1. The summed E-state index contributed by atoms with van der Waals surface area (Å²) in [5.74, 6) is -1.05. The topological polar surface area (TPSA) is 85.1 Å². The zero-order valence-electron chi connectivity index (χ0n) is 10.1. The lowest BCUT2D eigenvalue weighted by Gasteiger charge is -2.07. The van der Waals surface area contributed by atoms with E-state index in [9.17, 15) is 9.59 Å². The normalized spacial score (nSPS) is 10.1. The van der Waals surface area contributed by atoms with Crippen molar-refractivity contribution in [3.05, 3.63) is 57.8 Å². The van der Waals surface area contributed by atoms with Gasteiger partial charge in [-0.1, -0.05) is 23.2 Å². The van der Waals surface area contributed by atoms with E-state index in [1.807, 2.05) is 0 Å². The average molecular weight is 310 g/mol. The van der Waals surface area contributed by atoms with Crippen LogP contribution in [0.15, 0.2) is 36.5 Å². The number of pyridine rings is 1. The number of carbonyl (C=O) groups excluding carboxylic acids is 2. The number of rotatable bonds is 3. The first-order valence-corrected chi connectivity index (χ1v) is 6.25. The smallest absolute Gasteiger partial charge is 0.257 e. The molecule has 0 aliphatic carbocycles. The maximum absolute atomic E-state index is 11.9. The van der Waals surface area contributed by atoms with E-state index < -0.39 is 5.91 Å². The van der Waals surface area contributed by atoms with Crippen LogP contribution in [0.25, 0.3) is 0 Å². The summed E-state index contributed by atoms with van der Waals surface area (Å²) in [4.78, 5) is 26.9. The summed E-state index contributed by atoms with van der Waals surface area (Å²) in [6, 6.07) is 7.50. The number of carbonyl (C=O) groups is 2. The van der Waals surface area contributed by atoms with Crippen molar-refractivity contribution in [2.75, 3.05) is 5.32 Å². The van der Waals surface area contributed by atoms with Crippen molar-refractivity contribution in [1.82, 2.24) is 4.98 Å². The van der Waals surface area contributed by atoms with E-state index in [-0.39, 0.29) is 16.5 Å². The van der Waals surface area contributed by atoms with Gasteiger partial charge in [0.25, 0.3) is 5.91 Å². The van der Waals surface area contributed by atoms with Gasteiger partial charge in [0.15, 0.2) is 0 Å². The van der Waals surface area contributed by atoms with E-state index >= 15 is 0 Å². The molecule has 2 amide bonds. The van der Waals surface area contributed by atoms with Crippen LogP contribution in [0.4, 0.5) is 5.69 Å². The number of anilines is 1. The van der Waals surface area contributed by atoms with Gasteiger partial charge < -0.3 is 11.1 Å². The molecule has 1 aromatic heterocycles. The zero-order chi connectivity index (χ0) is 14.7. The molecule has 0 bridgehead atoms. The SMILES string of the molecule is NC(=O)c1cc(NC(=O)c2ccc(Cl)nc2)ccc1Cl. The molecule has 7 heteroatoms. The second-order valence-corrected chi connectivity index (χ2v) is 4.68. The molecular weight excluding hydrogens is 301 g/mol. The standard InChI is InChI=1S/C13H9Cl2N3O2/c14-10-3-2-8(5-9(10)12(16)19)18-13(20)7-1-4-11(15)17-6-7/h1-6H,(H2,16,19)(H,18,20). The van der Waals surface area contributed by atoms with Crippen LogP contribution < -0.4 is 11.1 Å². The summed E-state index contributed by atoms with van der Waals surface area (Å²) >= 11 is 11.5. The molecule has 102 valence electrons. The first-order valence-electron chi connectivity index (χ1n) is 5.49. The Hall–Kier alpha value is -2.11. The molecule has 0 fully saturated rings. The minimum absolute atomic E-state index is 0.138. The quantitative estimate of drug-likeness (QED) is 0.855. The van der Waals surface area contributed by atoms with Gasteiger partial charge in [0, 0.05) is 11.9 Å². The van der Waals surface area contributed by atoms with E-state index in [1.54, 1.807) is 6.07 Å². The van der Waals surface area contributed by atoms with E-state index in [2.05, 4.69) is 10.3 Å². The number of nitrogens with zero attached hydrogens (tertiary/aromatic N) is 1. The van der Waals surface area contributed by atoms with E-state index in [0.717, 1.165) is 0 Å². The van der Waals surface area contributed by atoms with Gasteiger partial charge in [0.05, 0.1) is 16.1 Å². The molecule has 0 aliphatic heterocycles. The Kier molecular flexibility index (Phi) is 4.22. The molecule has 0 atom stereocenters. The number of nitrogens with two attached hydrogens (primary N) is 1. The summed E-state index contributed by atoms with van der Waals surface area (Å²) in [6.07, 6.45) is 1.35. The zero-order valence-corrected chi connectivity index (χ0v) is 11.6. The fourth-order valence-corrected chi connectivity index (χ4v) is 1.83. The monoisotopic (exact) mass is 309 g/mol. The van der Waals surface area contributed by atoms with Gasteiger partial charge in [-0.05, 0) is 30.3 Å². The molecule has 0 unspecified atom stereocenters. The molecule has 2 aromatic rings. The summed E-state index contributed by atoms with van der Waals surface area (Å²) in [5.41, 5.74) is 6.06. The van der Waals surface area contributed by atoms with Crippen molar-refractivity contribution >= 4 is 40.7 Å². The molecule has 0 spiro atoms. The second kappa shape index (κ2) is 5.90. The highest BCUT2D eigenvalue weighted by atomic mass is 35.5. The number of amides is 2. The summed E-state index contributed by atoms with van der Waals surface area (Å²) < 4.78 is 0. The predicted molar refractivity (Wildman–Crippen MR) is 77.2 cm³/mol. The van der Waals surface area contributed by atoms with Crippen LogP contribution >= 0.6 is 23.2 Å². The largest absolute Gasteiger partial charge is 0.366 e. The Bertz CT molecular complexity index is 672. The fraction of sp³-hybridized carbons (Fsp3) is 0. The van der Waals surface area contributed by atoms with Crippen molar-refractivity contribution in [2.45, 2.75) is 0 Å². The Balaban J connectivity index is 2.21. The van der Waals surface area contributed by atoms with Gasteiger partial charge in [-0.3, -0.25) is 9.59 Å². The van der Waals surface area contributed by atoms with Gasteiger partial charge in [-0.15, -0.1) is 0 Å². The third-order valence-corrected chi connectivity index (χ3v) is 3.03. The van der Waals surface area contributed by atoms with Gasteiger partial charge in [-0.2, -0.15) is 0 Å². The third-order valence-electron chi connectivity index (χ3n) is 2.48. The molecule has 0 radical (unpaired) electrons. The molecule has 3 N–H and O–H groups in total. The Labute approximate surface area is 124 Å². The fourth-order valence-electron chi connectivity index (χ4n) is 1.51. The number of hydrogen-bond donors (Lipinski definition) is 2. The van der Waals surface area contributed by atoms with Crippen LogP contribution in [-0.2, 0) is 0 Å². The molecule has 5 nitrogen and oxygen atoms in total. The highest BCUT2D eigenvalue weighted by molar-refractivity contribution is 6.34. The van der Waals surface area contributed by atoms with Crippen molar-refractivity contribution < 1.29 is 9.59 Å². The number of benzene rings is 1. The molecule has 1 aromatic carbocycles. The highest BCUT2D eigenvalue weighted by Gasteiger charge is 2.10. The number of halogens is 2. The average Bonchev–Trinajstić information content (AvgIpc) is 2.41. The Morgan fingerprint density at radius 3 is 2.50 bits per heavy atom. The van der Waals surface area contributed by atoms with Crippen LogP contribution in [-0.4, -0.2) is 16.8 Å². The van der Waals surface area contributed by atoms with Crippen LogP contribution in [0.3, 0.4) is 0 Å². The Morgan fingerprint density at radius 2 is 1.90 bits per heavy atom. The first-order chi connectivity index (χ1) is 9.47. The number of primary amides is 1. The molecule has 1 heterocycles. The minimum Gasteiger partial charge on any atom is -0.366 e. The summed E-state index contributed by atoms with van der Waals surface area (Å²) in [5, 5.41) is 3.13. The Morgan fingerprint density at radius 1 is 1.15 bits per heavy atom. The van der Waals surface area contributed by atoms with Gasteiger partial charge in [-0.25, -0.2) is 4.98 Å². The summed E-state index contributed by atoms with van der Waals surface area (Å²) in [6.45, 7) is 0. The molecule has 20 heavy (non-hydrogen) atoms. The lowest BCUT2D eigenvalue weighted by molar-refractivity contribution is 0.0996. The first kappa shape index (κ1) is 14.3. The van der Waals surface area contributed by atoms with E-state index in [1.165, 1.54) is 30.5 Å². The third kappa shape index (κ3) is 3.26. The van der Waals surface area contributed by atoms with Crippen molar-refractivity contribution in [3.63, 3.8) is 0 Å². The molecule has 0 aliphatic rings. The van der Waals surface area contributed by atoms with Crippen molar-refractivity contribution in [3.8, 4) is 0 Å². The van der Waals surface area contributed by atoms with E-state index in [4.69, 9.17) is 28.9 Å². The van der Waals surface area contributed by atoms with Gasteiger partial charge in [0.1, 0.15) is 5.15 Å². The molecule has 2 rings (SSSR count). The van der Waals surface area contributed by atoms with Crippen LogP contribution in [0.1, 0.15) is 20.7 Å². The minimum atomic E-state index is -0.667. The predicted octanol–water partition coefficient (Wildman–Crippen LogP) is 2.74. The maximum atomic E-state index is 11.9. The highest BCUT2D eigenvalue weighted by Crippen LogP contribution is 2.20. The summed E-state index contributed by atoms with van der Waals surface area (Å²) in [7, 11) is 0. The van der Waals surface area contributed by atoms with Crippen LogP contribution in [0, 0.1) is 0 Å². The van der Waals surface area contributed by atoms with Crippen LogP contribution in [0.2, 0.25) is 10.2 Å². The van der Waals surface area contributed by atoms with Crippen LogP contribution in [0.5, 0.6) is 0 Å². The number of hydrogen-bond acceptors (Lipinski definition) is 3. The number of aromatic nitrogens is 1. The molecular formula is C13H9Cl2N3O2. The molecule has 0 saturated carbocycles.